The first kappa shape index (κ1) is 6.49. The minimum Gasteiger partial charge on any atom is -0.327 e. The molecule has 50 valence electrons. The largest absolute Gasteiger partial charge is 0.327 e. The van der Waals surface area contributed by atoms with Crippen LogP contribution in [-0.2, 0) is 4.79 Å². The van der Waals surface area contributed by atoms with Gasteiger partial charge in [-0.1, -0.05) is 6.08 Å². The smallest absolute Gasteiger partial charge is 0.145 e. The third kappa shape index (κ3) is 1.64. The van der Waals surface area contributed by atoms with Gasteiger partial charge in [-0.3, -0.25) is 4.79 Å². The molecule has 0 fully saturated rings. The van der Waals surface area contributed by atoms with Gasteiger partial charge in [-0.25, -0.2) is 0 Å². The molecule has 0 spiro atoms. The minimum absolute atomic E-state index is 0.218. The summed E-state index contributed by atoms with van der Waals surface area (Å²) < 4.78 is 0. The van der Waals surface area contributed by atoms with Crippen molar-refractivity contribution in [3.8, 4) is 0 Å². The van der Waals surface area contributed by atoms with Crippen LogP contribution < -0.4 is 5.73 Å². The second-order valence-electron chi connectivity index (χ2n) is 2.44. The highest BCUT2D eigenvalue weighted by Crippen LogP contribution is 2.13. The van der Waals surface area contributed by atoms with Gasteiger partial charge in [0.2, 0.25) is 0 Å². The van der Waals surface area contributed by atoms with Gasteiger partial charge in [-0.05, 0) is 24.8 Å². The Hall–Kier alpha value is -0.630. The Morgan fingerprint density at radius 3 is 3.00 bits per heavy atom. The van der Waals surface area contributed by atoms with Crippen LogP contribution in [0.1, 0.15) is 19.3 Å². The van der Waals surface area contributed by atoms with Gasteiger partial charge in [0.25, 0.3) is 0 Å². The van der Waals surface area contributed by atoms with Crippen LogP contribution >= 0.6 is 0 Å². The highest BCUT2D eigenvalue weighted by Gasteiger charge is 2.09. The second-order valence-corrected chi connectivity index (χ2v) is 2.44. The Balaban J connectivity index is 2.53. The summed E-state index contributed by atoms with van der Waals surface area (Å²) in [6.45, 7) is 0. The molecule has 0 amide bonds. The number of allylic oxidation sites excluding steroid dienone is 1. The monoisotopic (exact) mass is 125 g/mol. The third-order valence-electron chi connectivity index (χ3n) is 1.59. The summed E-state index contributed by atoms with van der Waals surface area (Å²) in [5.74, 6) is 0. The molecule has 1 aliphatic rings. The number of carbonyl (C=O) groups excluding carboxylic acids is 1. The summed E-state index contributed by atoms with van der Waals surface area (Å²) in [5.41, 5.74) is 6.47. The van der Waals surface area contributed by atoms with Crippen molar-refractivity contribution in [2.45, 2.75) is 25.3 Å². The van der Waals surface area contributed by atoms with E-state index in [1.807, 2.05) is 6.08 Å². The zero-order valence-electron chi connectivity index (χ0n) is 5.34. The molecule has 1 aliphatic carbocycles. The highest BCUT2D eigenvalue weighted by atomic mass is 16.1. The summed E-state index contributed by atoms with van der Waals surface area (Å²) in [4.78, 5) is 10.2. The van der Waals surface area contributed by atoms with Gasteiger partial charge in [0, 0.05) is 6.04 Å². The van der Waals surface area contributed by atoms with Crippen LogP contribution in [-0.4, -0.2) is 12.3 Å². The number of nitrogens with two attached hydrogens (primary N) is 1. The Labute approximate surface area is 54.7 Å². The fourth-order valence-corrected chi connectivity index (χ4v) is 1.07. The fraction of sp³-hybridized carbons (Fsp3) is 0.571. The van der Waals surface area contributed by atoms with E-state index in [0.29, 0.717) is 0 Å². The number of aldehydes is 1. The molecule has 0 saturated carbocycles. The number of hydrogen-bond acceptors (Lipinski definition) is 2. The lowest BCUT2D eigenvalue weighted by molar-refractivity contribution is -0.105. The number of hydrogen-bond donors (Lipinski definition) is 1. The Kier molecular flexibility index (Phi) is 2.01. The molecule has 0 aromatic heterocycles. The van der Waals surface area contributed by atoms with Crippen molar-refractivity contribution in [3.63, 3.8) is 0 Å². The quantitative estimate of drug-likeness (QED) is 0.522. The molecule has 2 N–H and O–H groups in total. The average Bonchev–Trinajstić information content (AvgIpc) is 1.88. The Bertz CT molecular complexity index is 140. The molecule has 0 saturated heterocycles. The molecular weight excluding hydrogens is 114 g/mol. The maximum atomic E-state index is 10.2. The van der Waals surface area contributed by atoms with Gasteiger partial charge in [0.1, 0.15) is 6.29 Å². The average molecular weight is 125 g/mol. The molecule has 0 aromatic rings. The summed E-state index contributed by atoms with van der Waals surface area (Å²) in [6, 6.07) is 0.218. The predicted molar refractivity (Wildman–Crippen MR) is 36.0 cm³/mol. The van der Waals surface area contributed by atoms with Crippen molar-refractivity contribution in [3.05, 3.63) is 11.6 Å². The van der Waals surface area contributed by atoms with Crippen LogP contribution in [0.5, 0.6) is 0 Å². The number of rotatable bonds is 1. The molecule has 0 bridgehead atoms. The molecule has 0 aliphatic heterocycles. The normalized spacial score (nSPS) is 27.2. The molecular formula is C7H11NO. The van der Waals surface area contributed by atoms with Crippen molar-refractivity contribution in [1.82, 2.24) is 0 Å². The van der Waals surface area contributed by atoms with E-state index >= 15 is 0 Å². The Morgan fingerprint density at radius 2 is 2.56 bits per heavy atom. The van der Waals surface area contributed by atoms with E-state index in [0.717, 1.165) is 31.1 Å². The van der Waals surface area contributed by atoms with E-state index in [4.69, 9.17) is 5.73 Å². The maximum absolute atomic E-state index is 10.2. The third-order valence-corrected chi connectivity index (χ3v) is 1.59. The van der Waals surface area contributed by atoms with E-state index in [9.17, 15) is 4.79 Å². The van der Waals surface area contributed by atoms with Gasteiger partial charge < -0.3 is 5.73 Å². The van der Waals surface area contributed by atoms with Crippen molar-refractivity contribution >= 4 is 6.29 Å². The molecule has 0 heterocycles. The highest BCUT2D eigenvalue weighted by molar-refractivity contribution is 5.73. The van der Waals surface area contributed by atoms with Crippen LogP contribution in [0.4, 0.5) is 0 Å². The lowest BCUT2D eigenvalue weighted by Crippen LogP contribution is -2.22. The lowest BCUT2D eigenvalue weighted by Gasteiger charge is -2.14. The summed E-state index contributed by atoms with van der Waals surface area (Å²) in [5, 5.41) is 0. The van der Waals surface area contributed by atoms with Crippen LogP contribution in [0.25, 0.3) is 0 Å². The van der Waals surface area contributed by atoms with Crippen LogP contribution in [0.2, 0.25) is 0 Å². The topological polar surface area (TPSA) is 43.1 Å². The molecule has 9 heavy (non-hydrogen) atoms. The molecule has 1 unspecified atom stereocenters. The fourth-order valence-electron chi connectivity index (χ4n) is 1.07. The summed E-state index contributed by atoms with van der Waals surface area (Å²) in [6.07, 6.45) is 5.63. The molecule has 1 rings (SSSR count). The van der Waals surface area contributed by atoms with Crippen LogP contribution in [0.3, 0.4) is 0 Å². The molecule has 0 aromatic carbocycles. The molecule has 0 radical (unpaired) electrons. The van der Waals surface area contributed by atoms with E-state index in [2.05, 4.69) is 0 Å². The van der Waals surface area contributed by atoms with Crippen LogP contribution in [0.15, 0.2) is 11.6 Å². The van der Waals surface area contributed by atoms with Crippen molar-refractivity contribution in [2.75, 3.05) is 0 Å². The zero-order valence-corrected chi connectivity index (χ0v) is 5.34. The first-order chi connectivity index (χ1) is 4.33. The summed E-state index contributed by atoms with van der Waals surface area (Å²) in [7, 11) is 0. The van der Waals surface area contributed by atoms with Crippen molar-refractivity contribution in [1.29, 1.82) is 0 Å². The standard InChI is InChI=1S/C7H11NO/c8-7-3-1-2-6(4-7)5-9/h2,5,7H,1,3-4,8H2. The molecule has 2 nitrogen and oxygen atoms in total. The molecule has 2 heteroatoms. The minimum atomic E-state index is 0.218. The van der Waals surface area contributed by atoms with Crippen molar-refractivity contribution < 1.29 is 4.79 Å². The summed E-state index contributed by atoms with van der Waals surface area (Å²) >= 11 is 0. The lowest BCUT2D eigenvalue weighted by atomic mass is 9.96. The number of carbonyl (C=O) groups is 1. The van der Waals surface area contributed by atoms with Gasteiger partial charge in [-0.15, -0.1) is 0 Å². The van der Waals surface area contributed by atoms with Gasteiger partial charge in [0.15, 0.2) is 0 Å². The van der Waals surface area contributed by atoms with Gasteiger partial charge in [-0.2, -0.15) is 0 Å². The van der Waals surface area contributed by atoms with Gasteiger partial charge >= 0.3 is 0 Å². The zero-order chi connectivity index (χ0) is 6.69. The van der Waals surface area contributed by atoms with E-state index in [1.54, 1.807) is 0 Å². The van der Waals surface area contributed by atoms with E-state index in [-0.39, 0.29) is 6.04 Å². The second kappa shape index (κ2) is 2.78. The van der Waals surface area contributed by atoms with E-state index < -0.39 is 0 Å². The maximum Gasteiger partial charge on any atom is 0.145 e. The SMILES string of the molecule is NC1CCC=C(C=O)C1. The van der Waals surface area contributed by atoms with Gasteiger partial charge in [0.05, 0.1) is 0 Å². The van der Waals surface area contributed by atoms with E-state index in [1.165, 1.54) is 0 Å². The van der Waals surface area contributed by atoms with Crippen molar-refractivity contribution in [2.24, 2.45) is 5.73 Å². The first-order valence-corrected chi connectivity index (χ1v) is 3.22. The Morgan fingerprint density at radius 1 is 1.78 bits per heavy atom. The first-order valence-electron chi connectivity index (χ1n) is 3.22. The predicted octanol–water partition coefficient (Wildman–Crippen LogP) is 0.623. The molecule has 1 atom stereocenters. The van der Waals surface area contributed by atoms with Crippen LogP contribution in [0, 0.1) is 0 Å².